The number of carbonyl (C=O) groups excluding carboxylic acids is 2. The summed E-state index contributed by atoms with van der Waals surface area (Å²) in [5.41, 5.74) is 3.90. The first kappa shape index (κ1) is 21.7. The van der Waals surface area contributed by atoms with E-state index >= 15 is 0 Å². The van der Waals surface area contributed by atoms with Crippen molar-refractivity contribution in [3.8, 4) is 18.1 Å². The number of carbonyl (C=O) groups is 2. The topological polar surface area (TPSA) is 55.4 Å². The van der Waals surface area contributed by atoms with Crippen molar-refractivity contribution in [1.82, 2.24) is 5.32 Å². The fraction of sp³-hybridized carbons (Fsp3) is 0.462. The number of Topliss-reactive ketones (excluding diaryl/α,β-unsaturated/α-hetero) is 2. The van der Waals surface area contributed by atoms with Crippen LogP contribution in [0, 0.1) is 23.2 Å². The first-order valence-corrected chi connectivity index (χ1v) is 11.0. The maximum Gasteiger partial charge on any atom is 0.162 e. The minimum Gasteiger partial charge on any atom is -0.479 e. The predicted octanol–water partition coefficient (Wildman–Crippen LogP) is 5.33. The molecule has 0 saturated heterocycles. The Morgan fingerprint density at radius 1 is 1.03 bits per heavy atom. The number of ketones is 2. The number of ether oxygens (including phenoxy) is 1. The fourth-order valence-corrected chi connectivity index (χ4v) is 5.40. The third kappa shape index (κ3) is 4.04. The van der Waals surface area contributed by atoms with Gasteiger partial charge in [0.25, 0.3) is 0 Å². The SMILES string of the molecule is C#CCOc1ccc(C2C3=C(CC(C)(C)CC3=O)NC3=C2C(=O)CC(C)(C)C3)cc1Cl. The lowest BCUT2D eigenvalue weighted by atomic mass is 9.64. The summed E-state index contributed by atoms with van der Waals surface area (Å²) in [6, 6.07) is 5.47. The highest BCUT2D eigenvalue weighted by Crippen LogP contribution is 2.51. The lowest BCUT2D eigenvalue weighted by Gasteiger charge is -2.44. The van der Waals surface area contributed by atoms with Gasteiger partial charge in [-0.3, -0.25) is 9.59 Å². The third-order valence-corrected chi connectivity index (χ3v) is 6.61. The smallest absolute Gasteiger partial charge is 0.162 e. The molecule has 0 fully saturated rings. The second-order valence-electron chi connectivity index (χ2n) is 10.4. The maximum absolute atomic E-state index is 13.3. The molecule has 31 heavy (non-hydrogen) atoms. The Morgan fingerprint density at radius 2 is 1.58 bits per heavy atom. The molecule has 0 bridgehead atoms. The molecule has 2 aliphatic carbocycles. The van der Waals surface area contributed by atoms with Gasteiger partial charge >= 0.3 is 0 Å². The van der Waals surface area contributed by atoms with Crippen LogP contribution in [0.5, 0.6) is 5.75 Å². The van der Waals surface area contributed by atoms with Gasteiger partial charge in [0, 0.05) is 41.3 Å². The van der Waals surface area contributed by atoms with Gasteiger partial charge in [0.1, 0.15) is 12.4 Å². The van der Waals surface area contributed by atoms with Gasteiger partial charge in [-0.1, -0.05) is 51.3 Å². The van der Waals surface area contributed by atoms with Crippen molar-refractivity contribution in [2.75, 3.05) is 6.61 Å². The molecule has 0 unspecified atom stereocenters. The zero-order valence-corrected chi connectivity index (χ0v) is 19.3. The molecule has 1 heterocycles. The summed E-state index contributed by atoms with van der Waals surface area (Å²) < 4.78 is 5.50. The summed E-state index contributed by atoms with van der Waals surface area (Å²) in [6.07, 6.45) is 7.75. The molecule has 0 aromatic heterocycles. The minimum atomic E-state index is -0.405. The van der Waals surface area contributed by atoms with Gasteiger partial charge in [-0.05, 0) is 41.4 Å². The summed E-state index contributed by atoms with van der Waals surface area (Å²) in [5, 5.41) is 3.94. The van der Waals surface area contributed by atoms with Gasteiger partial charge in [-0.25, -0.2) is 0 Å². The molecule has 4 nitrogen and oxygen atoms in total. The molecule has 1 N–H and O–H groups in total. The van der Waals surface area contributed by atoms with Gasteiger partial charge in [-0.2, -0.15) is 0 Å². The lowest BCUT2D eigenvalue weighted by molar-refractivity contribution is -0.119. The van der Waals surface area contributed by atoms with E-state index in [1.165, 1.54) is 0 Å². The molecule has 0 atom stereocenters. The van der Waals surface area contributed by atoms with Crippen molar-refractivity contribution in [1.29, 1.82) is 0 Å². The van der Waals surface area contributed by atoms with E-state index in [1.807, 2.05) is 6.07 Å². The Morgan fingerprint density at radius 3 is 2.06 bits per heavy atom. The number of halogens is 1. The van der Waals surface area contributed by atoms with Crippen LogP contribution in [0.2, 0.25) is 5.02 Å². The maximum atomic E-state index is 13.3. The van der Waals surface area contributed by atoms with Crippen LogP contribution >= 0.6 is 11.6 Å². The van der Waals surface area contributed by atoms with Crippen LogP contribution in [0.25, 0.3) is 0 Å². The van der Waals surface area contributed by atoms with Gasteiger partial charge in [0.2, 0.25) is 0 Å². The van der Waals surface area contributed by atoms with Gasteiger partial charge in [0.05, 0.1) is 5.02 Å². The summed E-state index contributed by atoms with van der Waals surface area (Å²) in [7, 11) is 0. The molecule has 1 aromatic rings. The van der Waals surface area contributed by atoms with E-state index in [2.05, 4.69) is 38.9 Å². The van der Waals surface area contributed by atoms with Crippen molar-refractivity contribution in [2.45, 2.75) is 59.3 Å². The lowest BCUT2D eigenvalue weighted by Crippen LogP contribution is -2.42. The second-order valence-corrected chi connectivity index (χ2v) is 10.8. The number of rotatable bonds is 3. The molecule has 5 heteroatoms. The third-order valence-electron chi connectivity index (χ3n) is 6.32. The number of dihydropyridines is 1. The zero-order valence-electron chi connectivity index (χ0n) is 18.5. The fourth-order valence-electron chi connectivity index (χ4n) is 5.16. The average molecular weight is 438 g/mol. The van der Waals surface area contributed by atoms with Crippen LogP contribution < -0.4 is 10.1 Å². The van der Waals surface area contributed by atoms with Crippen molar-refractivity contribution < 1.29 is 14.3 Å². The van der Waals surface area contributed by atoms with Crippen LogP contribution in [0.15, 0.2) is 40.7 Å². The summed E-state index contributed by atoms with van der Waals surface area (Å²) in [6.45, 7) is 8.57. The van der Waals surface area contributed by atoms with Crippen LogP contribution in [0.3, 0.4) is 0 Å². The normalized spacial score (nSPS) is 22.5. The summed E-state index contributed by atoms with van der Waals surface area (Å²) >= 11 is 6.49. The van der Waals surface area contributed by atoms with Crippen LogP contribution in [-0.2, 0) is 9.59 Å². The highest BCUT2D eigenvalue weighted by atomic mass is 35.5. The number of hydrogen-bond donors (Lipinski definition) is 1. The minimum absolute atomic E-state index is 0.0942. The molecule has 1 aromatic carbocycles. The molecule has 0 amide bonds. The van der Waals surface area contributed by atoms with Gasteiger partial charge in [-0.15, -0.1) is 6.42 Å². The number of allylic oxidation sites excluding steroid dienone is 4. The monoisotopic (exact) mass is 437 g/mol. The van der Waals surface area contributed by atoms with Crippen molar-refractivity contribution in [3.63, 3.8) is 0 Å². The number of hydrogen-bond acceptors (Lipinski definition) is 4. The Bertz CT molecular complexity index is 1030. The quantitative estimate of drug-likeness (QED) is 0.650. The van der Waals surface area contributed by atoms with Gasteiger partial charge < -0.3 is 10.1 Å². The molecule has 4 rings (SSSR count). The average Bonchev–Trinajstić information content (AvgIpc) is 2.63. The van der Waals surface area contributed by atoms with E-state index in [4.69, 9.17) is 22.8 Å². The van der Waals surface area contributed by atoms with E-state index in [0.717, 1.165) is 29.8 Å². The van der Waals surface area contributed by atoms with Crippen molar-refractivity contribution >= 4 is 23.2 Å². The van der Waals surface area contributed by atoms with E-state index in [9.17, 15) is 9.59 Å². The largest absolute Gasteiger partial charge is 0.479 e. The molecule has 162 valence electrons. The highest BCUT2D eigenvalue weighted by molar-refractivity contribution is 6.32. The molecular formula is C26H28ClNO3. The Kier molecular flexibility index (Phi) is 5.30. The molecule has 3 aliphatic rings. The standard InChI is InChI=1S/C26H28ClNO3/c1-6-9-31-21-8-7-15(10-16(21)27)22-23-17(11-25(2,3)13-19(23)29)28-18-12-26(4,5)14-20(30)24(18)22/h1,7-8,10,22,28H,9,11-14H2,2-5H3. The molecule has 0 radical (unpaired) electrons. The molecule has 0 saturated carbocycles. The molecule has 1 aliphatic heterocycles. The van der Waals surface area contributed by atoms with E-state index < -0.39 is 5.92 Å². The van der Waals surface area contributed by atoms with Crippen LogP contribution in [0.4, 0.5) is 0 Å². The number of nitrogens with one attached hydrogen (secondary N) is 1. The van der Waals surface area contributed by atoms with Crippen LogP contribution in [0.1, 0.15) is 64.9 Å². The predicted molar refractivity (Wildman–Crippen MR) is 122 cm³/mol. The summed E-state index contributed by atoms with van der Waals surface area (Å²) in [4.78, 5) is 26.6. The molecule has 0 spiro atoms. The summed E-state index contributed by atoms with van der Waals surface area (Å²) in [5.74, 6) is 2.71. The Balaban J connectivity index is 1.86. The van der Waals surface area contributed by atoms with Crippen molar-refractivity contribution in [3.05, 3.63) is 51.3 Å². The number of benzene rings is 1. The van der Waals surface area contributed by atoms with Gasteiger partial charge in [0.15, 0.2) is 11.6 Å². The Labute approximate surface area is 189 Å². The first-order chi connectivity index (χ1) is 14.5. The van der Waals surface area contributed by atoms with Crippen molar-refractivity contribution in [2.24, 2.45) is 10.8 Å². The van der Waals surface area contributed by atoms with E-state index in [-0.39, 0.29) is 29.0 Å². The molecular weight excluding hydrogens is 410 g/mol. The highest BCUT2D eigenvalue weighted by Gasteiger charge is 2.46. The van der Waals surface area contributed by atoms with E-state index in [1.54, 1.807) is 12.1 Å². The Hall–Kier alpha value is -2.51. The second kappa shape index (κ2) is 7.57. The van der Waals surface area contributed by atoms with E-state index in [0.29, 0.717) is 34.8 Å². The first-order valence-electron chi connectivity index (χ1n) is 10.7. The number of terminal acetylenes is 1. The van der Waals surface area contributed by atoms with Crippen LogP contribution in [-0.4, -0.2) is 18.2 Å². The zero-order chi connectivity index (χ0) is 22.6.